The normalized spacial score (nSPS) is 17.6. The average Bonchev–Trinajstić information content (AvgIpc) is 2.53. The van der Waals surface area contributed by atoms with E-state index in [9.17, 15) is 14.0 Å². The molecule has 7 heteroatoms. The van der Waals surface area contributed by atoms with Crippen LogP contribution in [-0.2, 0) is 9.53 Å². The number of hydrogen-bond acceptors (Lipinski definition) is 3. The van der Waals surface area contributed by atoms with E-state index in [0.717, 1.165) is 0 Å². The Hall–Kier alpha value is -2.15. The van der Waals surface area contributed by atoms with Crippen LogP contribution in [0, 0.1) is 5.82 Å². The molecule has 1 aliphatic heterocycles. The molecular weight excluding hydrogens is 379 g/mol. The number of halogens is 2. The quantitative estimate of drug-likeness (QED) is 0.609. The number of ether oxygens (including phenoxy) is 1. The Kier molecular flexibility index (Phi) is 5.77. The molecule has 1 N–H and O–H groups in total. The van der Waals surface area contributed by atoms with Gasteiger partial charge in [-0.2, -0.15) is 0 Å². The standard InChI is InChI=1S/C17H18BrFN2O3/c1-4-8-21-10(3)14(16(22)24-5-2)15(20-17(21)23)11-6-7-13(19)12(18)9-11/h4,6-7,9,15H,1,5,8H2,2-3H3,(H,20,23)/t15-/m0/s1. The number of esters is 1. The van der Waals surface area contributed by atoms with Crippen LogP contribution in [0.25, 0.3) is 0 Å². The maximum absolute atomic E-state index is 13.5. The van der Waals surface area contributed by atoms with Gasteiger partial charge in [0.25, 0.3) is 0 Å². The predicted octanol–water partition coefficient (Wildman–Crippen LogP) is 3.68. The van der Waals surface area contributed by atoms with Gasteiger partial charge < -0.3 is 10.1 Å². The van der Waals surface area contributed by atoms with E-state index >= 15 is 0 Å². The highest BCUT2D eigenvalue weighted by Gasteiger charge is 2.36. The Balaban J connectivity index is 2.55. The third-order valence-corrected chi connectivity index (χ3v) is 4.29. The summed E-state index contributed by atoms with van der Waals surface area (Å²) in [6.45, 7) is 7.49. The van der Waals surface area contributed by atoms with E-state index in [0.29, 0.717) is 16.8 Å². The van der Waals surface area contributed by atoms with Gasteiger partial charge >= 0.3 is 12.0 Å². The fourth-order valence-corrected chi connectivity index (χ4v) is 2.94. The lowest BCUT2D eigenvalue weighted by atomic mass is 9.95. The largest absolute Gasteiger partial charge is 0.463 e. The first kappa shape index (κ1) is 18.2. The lowest BCUT2D eigenvalue weighted by Crippen LogP contribution is -2.48. The molecule has 1 aliphatic rings. The van der Waals surface area contributed by atoms with Crippen molar-refractivity contribution < 1.29 is 18.7 Å². The van der Waals surface area contributed by atoms with Crippen LogP contribution in [0.15, 0.2) is 46.6 Å². The van der Waals surface area contributed by atoms with Crippen LogP contribution < -0.4 is 5.32 Å². The van der Waals surface area contributed by atoms with Crippen LogP contribution in [0.3, 0.4) is 0 Å². The van der Waals surface area contributed by atoms with E-state index in [1.54, 1.807) is 19.9 Å². The number of amides is 2. The number of urea groups is 1. The first-order chi connectivity index (χ1) is 11.4. The molecule has 1 atom stereocenters. The minimum Gasteiger partial charge on any atom is -0.463 e. The molecule has 0 fully saturated rings. The molecule has 128 valence electrons. The van der Waals surface area contributed by atoms with E-state index in [4.69, 9.17) is 4.74 Å². The number of benzene rings is 1. The number of hydrogen-bond donors (Lipinski definition) is 1. The molecular formula is C17H18BrFN2O3. The molecule has 0 radical (unpaired) electrons. The molecule has 1 aromatic carbocycles. The summed E-state index contributed by atoms with van der Waals surface area (Å²) in [7, 11) is 0. The number of allylic oxidation sites excluding steroid dienone is 1. The number of carbonyl (C=O) groups excluding carboxylic acids is 2. The molecule has 0 unspecified atom stereocenters. The molecule has 0 aliphatic carbocycles. The Bertz CT molecular complexity index is 718. The zero-order chi connectivity index (χ0) is 17.9. The summed E-state index contributed by atoms with van der Waals surface area (Å²) in [6, 6.07) is 3.27. The summed E-state index contributed by atoms with van der Waals surface area (Å²) in [4.78, 5) is 26.2. The lowest BCUT2D eigenvalue weighted by molar-refractivity contribution is -0.139. The van der Waals surface area contributed by atoms with Gasteiger partial charge in [-0.3, -0.25) is 4.90 Å². The smallest absolute Gasteiger partial charge is 0.338 e. The topological polar surface area (TPSA) is 58.6 Å². The first-order valence-electron chi connectivity index (χ1n) is 7.42. The van der Waals surface area contributed by atoms with Crippen LogP contribution in [0.5, 0.6) is 0 Å². The van der Waals surface area contributed by atoms with Gasteiger partial charge in [-0.25, -0.2) is 14.0 Å². The van der Waals surface area contributed by atoms with Crippen LogP contribution >= 0.6 is 15.9 Å². The third kappa shape index (κ3) is 3.51. The summed E-state index contributed by atoms with van der Waals surface area (Å²) < 4.78 is 18.9. The highest BCUT2D eigenvalue weighted by molar-refractivity contribution is 9.10. The Morgan fingerprint density at radius 2 is 2.25 bits per heavy atom. The summed E-state index contributed by atoms with van der Waals surface area (Å²) in [5, 5.41) is 2.77. The second-order valence-electron chi connectivity index (χ2n) is 5.17. The average molecular weight is 397 g/mol. The number of rotatable bonds is 5. The second kappa shape index (κ2) is 7.61. The maximum atomic E-state index is 13.5. The van der Waals surface area contributed by atoms with E-state index in [1.165, 1.54) is 23.1 Å². The lowest BCUT2D eigenvalue weighted by Gasteiger charge is -2.34. The summed E-state index contributed by atoms with van der Waals surface area (Å²) in [6.07, 6.45) is 1.57. The molecule has 2 amide bonds. The molecule has 1 aromatic rings. The van der Waals surface area contributed by atoms with Crippen molar-refractivity contribution in [3.05, 3.63) is 58.0 Å². The monoisotopic (exact) mass is 396 g/mol. The number of carbonyl (C=O) groups is 2. The van der Waals surface area contributed by atoms with Crippen LogP contribution in [-0.4, -0.2) is 30.1 Å². The van der Waals surface area contributed by atoms with Crippen molar-refractivity contribution in [2.45, 2.75) is 19.9 Å². The Morgan fingerprint density at radius 1 is 1.54 bits per heavy atom. The van der Waals surface area contributed by atoms with Crippen molar-refractivity contribution in [2.24, 2.45) is 0 Å². The minimum atomic E-state index is -0.713. The van der Waals surface area contributed by atoms with Crippen molar-refractivity contribution in [1.29, 1.82) is 0 Å². The van der Waals surface area contributed by atoms with Gasteiger partial charge in [0, 0.05) is 12.2 Å². The van der Waals surface area contributed by atoms with Gasteiger partial charge in [-0.1, -0.05) is 12.1 Å². The van der Waals surface area contributed by atoms with Gasteiger partial charge in [0.2, 0.25) is 0 Å². The van der Waals surface area contributed by atoms with Crippen LogP contribution in [0.2, 0.25) is 0 Å². The molecule has 0 saturated heterocycles. The molecule has 1 heterocycles. The van der Waals surface area contributed by atoms with E-state index in [1.807, 2.05) is 0 Å². The zero-order valence-electron chi connectivity index (χ0n) is 13.4. The highest BCUT2D eigenvalue weighted by Crippen LogP contribution is 2.33. The highest BCUT2D eigenvalue weighted by atomic mass is 79.9. The zero-order valence-corrected chi connectivity index (χ0v) is 15.0. The van der Waals surface area contributed by atoms with Crippen LogP contribution in [0.1, 0.15) is 25.5 Å². The predicted molar refractivity (Wildman–Crippen MR) is 91.6 cm³/mol. The van der Waals surface area contributed by atoms with Crippen molar-refractivity contribution in [2.75, 3.05) is 13.2 Å². The molecule has 0 spiro atoms. The summed E-state index contributed by atoms with van der Waals surface area (Å²) >= 11 is 3.12. The Labute approximate surface area is 148 Å². The first-order valence-corrected chi connectivity index (χ1v) is 8.21. The maximum Gasteiger partial charge on any atom is 0.338 e. The molecule has 0 saturated carbocycles. The fourth-order valence-electron chi connectivity index (χ4n) is 2.55. The third-order valence-electron chi connectivity index (χ3n) is 3.68. The van der Waals surface area contributed by atoms with E-state index < -0.39 is 17.8 Å². The van der Waals surface area contributed by atoms with Gasteiger partial charge in [0.15, 0.2) is 0 Å². The molecule has 5 nitrogen and oxygen atoms in total. The second-order valence-corrected chi connectivity index (χ2v) is 6.03. The van der Waals surface area contributed by atoms with Crippen LogP contribution in [0.4, 0.5) is 9.18 Å². The van der Waals surface area contributed by atoms with Gasteiger partial charge in [0.05, 0.1) is 22.7 Å². The molecule has 2 rings (SSSR count). The summed E-state index contributed by atoms with van der Waals surface area (Å²) in [5.74, 6) is -0.943. The van der Waals surface area contributed by atoms with E-state index in [-0.39, 0.29) is 23.7 Å². The van der Waals surface area contributed by atoms with Gasteiger partial charge in [-0.15, -0.1) is 6.58 Å². The SMILES string of the molecule is C=CCN1C(=O)N[C@@H](c2ccc(F)c(Br)c2)C(C(=O)OCC)=C1C. The fraction of sp³-hybridized carbons (Fsp3) is 0.294. The number of nitrogens with one attached hydrogen (secondary N) is 1. The van der Waals surface area contributed by atoms with Crippen molar-refractivity contribution in [3.8, 4) is 0 Å². The van der Waals surface area contributed by atoms with Crippen molar-refractivity contribution >= 4 is 27.9 Å². The molecule has 0 bridgehead atoms. The summed E-state index contributed by atoms with van der Waals surface area (Å²) in [5.41, 5.74) is 1.39. The molecule has 24 heavy (non-hydrogen) atoms. The molecule has 0 aromatic heterocycles. The number of nitrogens with zero attached hydrogens (tertiary/aromatic N) is 1. The van der Waals surface area contributed by atoms with Crippen molar-refractivity contribution in [1.82, 2.24) is 10.2 Å². The Morgan fingerprint density at radius 3 is 2.83 bits per heavy atom. The minimum absolute atomic E-state index is 0.213. The van der Waals surface area contributed by atoms with Crippen molar-refractivity contribution in [3.63, 3.8) is 0 Å². The van der Waals surface area contributed by atoms with Gasteiger partial charge in [-0.05, 0) is 47.5 Å². The van der Waals surface area contributed by atoms with Gasteiger partial charge in [0.1, 0.15) is 5.82 Å². The van der Waals surface area contributed by atoms with E-state index in [2.05, 4.69) is 27.8 Å².